The molecule has 242 valence electrons. The van der Waals surface area contributed by atoms with Crippen molar-refractivity contribution in [1.29, 1.82) is 0 Å². The van der Waals surface area contributed by atoms with Gasteiger partial charge < -0.3 is 19.7 Å². The van der Waals surface area contributed by atoms with E-state index >= 15 is 0 Å². The van der Waals surface area contributed by atoms with Gasteiger partial charge in [-0.05, 0) is 37.3 Å². The van der Waals surface area contributed by atoms with E-state index in [0.29, 0.717) is 12.0 Å². The molecule has 7 heteroatoms. The maximum Gasteiger partial charge on any atom is 0.124 e. The van der Waals surface area contributed by atoms with E-state index in [2.05, 4.69) is 13.8 Å². The fourth-order valence-corrected chi connectivity index (χ4v) is 6.05. The molecule has 41 heavy (non-hydrogen) atoms. The lowest BCUT2D eigenvalue weighted by Crippen LogP contribution is -3.13. The predicted molar refractivity (Wildman–Crippen MR) is 172 cm³/mol. The quantitative estimate of drug-likeness (QED) is 0.0760. The monoisotopic (exact) mass is 599 g/mol. The minimum absolute atomic E-state index is 0.0501. The highest BCUT2D eigenvalue weighted by Crippen LogP contribution is 2.18. The van der Waals surface area contributed by atoms with E-state index in [1.54, 1.807) is 18.2 Å². The zero-order valence-electron chi connectivity index (χ0n) is 26.7. The Balaban J connectivity index is 0.000000790. The summed E-state index contributed by atoms with van der Waals surface area (Å²) in [7, 11) is -4.35. The summed E-state index contributed by atoms with van der Waals surface area (Å²) in [5, 5.41) is 17.8. The van der Waals surface area contributed by atoms with Crippen LogP contribution in [0.4, 0.5) is 0 Å². The summed E-state index contributed by atoms with van der Waals surface area (Å²) >= 11 is 0. The first-order valence-corrected chi connectivity index (χ1v) is 18.4. The molecule has 0 atom stereocenters. The summed E-state index contributed by atoms with van der Waals surface area (Å²) in [6.45, 7) is 7.60. The lowest BCUT2D eigenvalue weighted by molar-refractivity contribution is -0.901. The molecule has 0 bridgehead atoms. The number of hydrogen-bond donors (Lipinski definition) is 3. The molecule has 0 aliphatic rings. The number of aliphatic hydroxyl groups is 2. The lowest BCUT2D eigenvalue weighted by Gasteiger charge is -2.17. The Morgan fingerprint density at radius 1 is 0.585 bits per heavy atom. The normalized spacial score (nSPS) is 11.6. The van der Waals surface area contributed by atoms with E-state index in [-0.39, 0.29) is 18.1 Å². The van der Waals surface area contributed by atoms with E-state index in [9.17, 15) is 13.0 Å². The number of unbranched alkanes of at least 4 members (excludes halogenated alkanes) is 18. The summed E-state index contributed by atoms with van der Waals surface area (Å²) < 4.78 is 33.5. The van der Waals surface area contributed by atoms with Crippen LogP contribution in [-0.2, 0) is 16.5 Å². The number of nitrogens with one attached hydrogen (secondary N) is 1. The molecule has 0 saturated heterocycles. The van der Waals surface area contributed by atoms with Crippen molar-refractivity contribution in [1.82, 2.24) is 0 Å². The highest BCUT2D eigenvalue weighted by atomic mass is 32.2. The van der Waals surface area contributed by atoms with Gasteiger partial charge in [0, 0.05) is 0 Å². The van der Waals surface area contributed by atoms with Crippen molar-refractivity contribution in [3.8, 4) is 0 Å². The van der Waals surface area contributed by atoms with Crippen LogP contribution in [0.1, 0.15) is 148 Å². The van der Waals surface area contributed by atoms with Crippen LogP contribution in [0.25, 0.3) is 0 Å². The SMILES string of the molecule is CCCCCCCCCCCC[NH+](CCO)CCO.CCCCCCCCCCCCc1ccccc1S(=O)(=O)[O-]. The number of hydrogen-bond acceptors (Lipinski definition) is 5. The lowest BCUT2D eigenvalue weighted by atomic mass is 10.0. The second kappa shape index (κ2) is 29.1. The molecular formula is C34H65NO5S. The fraction of sp³-hybridized carbons (Fsp3) is 0.824. The Hall–Kier alpha value is -0.990. The third-order valence-corrected chi connectivity index (χ3v) is 8.79. The molecule has 0 aliphatic heterocycles. The molecule has 0 amide bonds. The molecule has 1 aromatic rings. The minimum Gasteiger partial charge on any atom is -0.744 e. The summed E-state index contributed by atoms with van der Waals surface area (Å²) in [5.74, 6) is 0. The van der Waals surface area contributed by atoms with Crippen molar-refractivity contribution >= 4 is 10.1 Å². The van der Waals surface area contributed by atoms with Gasteiger partial charge in [0.25, 0.3) is 0 Å². The predicted octanol–water partition coefficient (Wildman–Crippen LogP) is 6.83. The average molecular weight is 600 g/mol. The number of aliphatic hydroxyl groups excluding tert-OH is 2. The highest BCUT2D eigenvalue weighted by Gasteiger charge is 2.08. The Bertz CT molecular complexity index is 781. The van der Waals surface area contributed by atoms with Crippen LogP contribution in [-0.4, -0.2) is 56.0 Å². The van der Waals surface area contributed by atoms with Gasteiger partial charge in [-0.3, -0.25) is 0 Å². The minimum atomic E-state index is -4.35. The largest absolute Gasteiger partial charge is 0.744 e. The molecule has 1 rings (SSSR count). The summed E-state index contributed by atoms with van der Waals surface area (Å²) in [5.41, 5.74) is 0.664. The van der Waals surface area contributed by atoms with Gasteiger partial charge in [0.2, 0.25) is 0 Å². The molecule has 6 nitrogen and oxygen atoms in total. The fourth-order valence-electron chi connectivity index (χ4n) is 5.31. The highest BCUT2D eigenvalue weighted by molar-refractivity contribution is 7.85. The van der Waals surface area contributed by atoms with E-state index in [4.69, 9.17) is 10.2 Å². The number of benzene rings is 1. The van der Waals surface area contributed by atoms with E-state index < -0.39 is 10.1 Å². The first-order valence-electron chi connectivity index (χ1n) is 17.0. The van der Waals surface area contributed by atoms with Crippen LogP contribution < -0.4 is 4.90 Å². The molecule has 0 aliphatic carbocycles. The maximum atomic E-state index is 11.2. The summed E-state index contributed by atoms with van der Waals surface area (Å²) in [4.78, 5) is 1.29. The Morgan fingerprint density at radius 2 is 0.976 bits per heavy atom. The number of aryl methyl sites for hydroxylation is 1. The Kier molecular flexibility index (Phi) is 28.4. The van der Waals surface area contributed by atoms with Crippen LogP contribution in [0.15, 0.2) is 29.2 Å². The zero-order chi connectivity index (χ0) is 30.4. The van der Waals surface area contributed by atoms with Gasteiger partial charge in [-0.1, -0.05) is 141 Å². The van der Waals surface area contributed by atoms with Crippen LogP contribution in [0.2, 0.25) is 0 Å². The molecular weight excluding hydrogens is 534 g/mol. The summed E-state index contributed by atoms with van der Waals surface area (Å²) in [6, 6.07) is 6.56. The van der Waals surface area contributed by atoms with Gasteiger partial charge in [-0.2, -0.15) is 0 Å². The third-order valence-electron chi connectivity index (χ3n) is 7.86. The smallest absolute Gasteiger partial charge is 0.124 e. The van der Waals surface area contributed by atoms with Crippen molar-refractivity contribution in [2.75, 3.05) is 32.8 Å². The third kappa shape index (κ3) is 25.2. The van der Waals surface area contributed by atoms with Crippen molar-refractivity contribution < 1.29 is 28.1 Å². The average Bonchev–Trinajstić information content (AvgIpc) is 2.95. The maximum absolute atomic E-state index is 11.2. The van der Waals surface area contributed by atoms with Crippen molar-refractivity contribution in [3.63, 3.8) is 0 Å². The number of quaternary nitrogens is 1. The van der Waals surface area contributed by atoms with Gasteiger partial charge in [0.1, 0.15) is 23.2 Å². The van der Waals surface area contributed by atoms with E-state index in [0.717, 1.165) is 32.5 Å². The topological polar surface area (TPSA) is 102 Å². The van der Waals surface area contributed by atoms with Gasteiger partial charge in [-0.15, -0.1) is 0 Å². The van der Waals surface area contributed by atoms with Crippen molar-refractivity contribution in [3.05, 3.63) is 29.8 Å². The molecule has 0 saturated carbocycles. The first kappa shape index (κ1) is 40.0. The van der Waals surface area contributed by atoms with Gasteiger partial charge in [0.05, 0.1) is 24.7 Å². The summed E-state index contributed by atoms with van der Waals surface area (Å²) in [6.07, 6.45) is 26.8. The Morgan fingerprint density at radius 3 is 1.39 bits per heavy atom. The standard InChI is InChI=1S/C18H30O3S.C16H35NO2/c1-2-3-4-5-6-7-8-9-10-11-14-17-15-12-13-16-18(17)22(19,20)21;1-2-3-4-5-6-7-8-9-10-11-12-17(13-15-18)14-16-19/h12-13,15-16H,2-11,14H2,1H3,(H,19,20,21);18-19H,2-16H2,1H3. The first-order chi connectivity index (χ1) is 19.9. The molecule has 1 aromatic carbocycles. The van der Waals surface area contributed by atoms with Crippen LogP contribution >= 0.6 is 0 Å². The van der Waals surface area contributed by atoms with Crippen LogP contribution in [0.5, 0.6) is 0 Å². The molecule has 0 radical (unpaired) electrons. The van der Waals surface area contributed by atoms with E-state index in [1.165, 1.54) is 127 Å². The molecule has 0 unspecified atom stereocenters. The van der Waals surface area contributed by atoms with E-state index in [1.807, 2.05) is 0 Å². The second-order valence-electron chi connectivity index (χ2n) is 11.6. The van der Waals surface area contributed by atoms with Crippen molar-refractivity contribution in [2.24, 2.45) is 0 Å². The second-order valence-corrected chi connectivity index (χ2v) is 13.0. The zero-order valence-corrected chi connectivity index (χ0v) is 27.5. The number of rotatable bonds is 27. The van der Waals surface area contributed by atoms with Crippen LogP contribution in [0, 0.1) is 0 Å². The van der Waals surface area contributed by atoms with Gasteiger partial charge in [-0.25, -0.2) is 8.42 Å². The molecule has 0 aromatic heterocycles. The van der Waals surface area contributed by atoms with Crippen LogP contribution in [0.3, 0.4) is 0 Å². The van der Waals surface area contributed by atoms with Gasteiger partial charge in [0.15, 0.2) is 0 Å². The Labute approximate surface area is 254 Å². The van der Waals surface area contributed by atoms with Gasteiger partial charge >= 0.3 is 0 Å². The molecule has 0 fully saturated rings. The molecule has 3 N–H and O–H groups in total. The van der Waals surface area contributed by atoms with Crippen molar-refractivity contribution in [2.45, 2.75) is 154 Å². The molecule has 0 spiro atoms. The molecule has 0 heterocycles.